The van der Waals surface area contributed by atoms with Crippen LogP contribution >= 0.6 is 15.9 Å². The normalized spacial score (nSPS) is 27.2. The van der Waals surface area contributed by atoms with Crippen molar-refractivity contribution in [2.75, 3.05) is 0 Å². The highest BCUT2D eigenvalue weighted by Gasteiger charge is 2.48. The molecule has 1 nitrogen and oxygen atoms in total. The van der Waals surface area contributed by atoms with Crippen LogP contribution in [0.4, 0.5) is 0 Å². The third-order valence-electron chi connectivity index (χ3n) is 4.21. The predicted molar refractivity (Wildman–Crippen MR) is 64.0 cm³/mol. The van der Waals surface area contributed by atoms with Crippen LogP contribution in [0.25, 0.3) is 0 Å². The standard InChI is InChI=1S/C13H15BrO/c14-11-4-1-3-10-9(11)5-6-12(15)13(10)7-2-8-13/h1,3-4,12,15H,2,5-8H2. The Morgan fingerprint density at radius 3 is 2.80 bits per heavy atom. The molecule has 2 aliphatic rings. The summed E-state index contributed by atoms with van der Waals surface area (Å²) in [5, 5.41) is 10.2. The lowest BCUT2D eigenvalue weighted by Gasteiger charge is -2.49. The zero-order valence-corrected chi connectivity index (χ0v) is 10.3. The molecule has 80 valence electrons. The summed E-state index contributed by atoms with van der Waals surface area (Å²) >= 11 is 3.63. The SMILES string of the molecule is OC1CCc2c(Br)cccc2C12CCC2. The Kier molecular flexibility index (Phi) is 2.18. The van der Waals surface area contributed by atoms with Crippen LogP contribution in [-0.4, -0.2) is 11.2 Å². The molecule has 0 bridgehead atoms. The number of aliphatic hydroxyl groups is 1. The van der Waals surface area contributed by atoms with Crippen molar-refractivity contribution in [3.05, 3.63) is 33.8 Å². The van der Waals surface area contributed by atoms with Crippen molar-refractivity contribution in [3.8, 4) is 0 Å². The molecule has 1 N–H and O–H groups in total. The van der Waals surface area contributed by atoms with Crippen molar-refractivity contribution in [3.63, 3.8) is 0 Å². The van der Waals surface area contributed by atoms with Gasteiger partial charge in [0.15, 0.2) is 0 Å². The lowest BCUT2D eigenvalue weighted by Crippen LogP contribution is -2.48. The number of hydrogen-bond acceptors (Lipinski definition) is 1. The molecule has 1 atom stereocenters. The molecule has 15 heavy (non-hydrogen) atoms. The van der Waals surface area contributed by atoms with E-state index in [1.165, 1.54) is 22.0 Å². The second-order valence-corrected chi connectivity index (χ2v) is 5.68. The number of rotatable bonds is 0. The molecule has 1 aromatic rings. The molecule has 1 saturated carbocycles. The van der Waals surface area contributed by atoms with Crippen molar-refractivity contribution >= 4 is 15.9 Å². The highest BCUT2D eigenvalue weighted by molar-refractivity contribution is 9.10. The van der Waals surface area contributed by atoms with Crippen molar-refractivity contribution < 1.29 is 5.11 Å². The molecule has 1 unspecified atom stereocenters. The van der Waals surface area contributed by atoms with Crippen molar-refractivity contribution in [1.82, 2.24) is 0 Å². The van der Waals surface area contributed by atoms with Gasteiger partial charge in [0.25, 0.3) is 0 Å². The zero-order valence-electron chi connectivity index (χ0n) is 8.67. The number of fused-ring (bicyclic) bond motifs is 2. The molecule has 0 saturated heterocycles. The van der Waals surface area contributed by atoms with Crippen molar-refractivity contribution in [2.45, 2.75) is 43.6 Å². The second kappa shape index (κ2) is 3.33. The second-order valence-electron chi connectivity index (χ2n) is 4.83. The van der Waals surface area contributed by atoms with Crippen LogP contribution in [0.2, 0.25) is 0 Å². The molecular formula is C13H15BrO. The van der Waals surface area contributed by atoms with Gasteiger partial charge in [0.1, 0.15) is 0 Å². The average Bonchev–Trinajstić information content (AvgIpc) is 2.15. The maximum absolute atomic E-state index is 10.2. The highest BCUT2D eigenvalue weighted by Crippen LogP contribution is 2.52. The van der Waals surface area contributed by atoms with E-state index in [0.29, 0.717) is 0 Å². The molecule has 1 spiro atoms. The fourth-order valence-corrected chi connectivity index (χ4v) is 3.74. The van der Waals surface area contributed by atoms with Crippen LogP contribution in [0.3, 0.4) is 0 Å². The van der Waals surface area contributed by atoms with Gasteiger partial charge in [-0.05, 0) is 42.9 Å². The molecule has 1 aromatic carbocycles. The first kappa shape index (κ1) is 9.86. The van der Waals surface area contributed by atoms with Crippen molar-refractivity contribution in [1.29, 1.82) is 0 Å². The Bertz CT molecular complexity index is 396. The Balaban J connectivity index is 2.16. The van der Waals surface area contributed by atoms with Gasteiger partial charge in [0, 0.05) is 9.89 Å². The molecule has 2 aliphatic carbocycles. The molecule has 0 radical (unpaired) electrons. The van der Waals surface area contributed by atoms with Crippen LogP contribution in [-0.2, 0) is 11.8 Å². The number of hydrogen-bond donors (Lipinski definition) is 1. The minimum absolute atomic E-state index is 0.108. The van der Waals surface area contributed by atoms with Gasteiger partial charge in [0.2, 0.25) is 0 Å². The average molecular weight is 267 g/mol. The fraction of sp³-hybridized carbons (Fsp3) is 0.538. The molecule has 2 heteroatoms. The molecular weight excluding hydrogens is 252 g/mol. The summed E-state index contributed by atoms with van der Waals surface area (Å²) in [5.41, 5.74) is 2.95. The molecule has 1 fully saturated rings. The molecule has 0 heterocycles. The largest absolute Gasteiger partial charge is 0.392 e. The quantitative estimate of drug-likeness (QED) is 0.765. The minimum Gasteiger partial charge on any atom is -0.392 e. The first-order chi connectivity index (χ1) is 7.24. The summed E-state index contributed by atoms with van der Waals surface area (Å²) in [6, 6.07) is 6.42. The monoisotopic (exact) mass is 266 g/mol. The van der Waals surface area contributed by atoms with Gasteiger partial charge in [-0.1, -0.05) is 34.5 Å². The van der Waals surface area contributed by atoms with Gasteiger partial charge in [-0.25, -0.2) is 0 Å². The van der Waals surface area contributed by atoms with Crippen LogP contribution in [0.1, 0.15) is 36.8 Å². The molecule has 0 aliphatic heterocycles. The van der Waals surface area contributed by atoms with E-state index < -0.39 is 0 Å². The lowest BCUT2D eigenvalue weighted by molar-refractivity contribution is 0.0143. The van der Waals surface area contributed by atoms with E-state index in [0.717, 1.165) is 25.7 Å². The summed E-state index contributed by atoms with van der Waals surface area (Å²) in [7, 11) is 0. The van der Waals surface area contributed by atoms with E-state index in [2.05, 4.69) is 34.1 Å². The molecule has 0 aromatic heterocycles. The third kappa shape index (κ3) is 1.24. The van der Waals surface area contributed by atoms with Gasteiger partial charge < -0.3 is 5.11 Å². The summed E-state index contributed by atoms with van der Waals surface area (Å²) in [6.45, 7) is 0. The summed E-state index contributed by atoms with van der Waals surface area (Å²) in [6.07, 6.45) is 5.42. The van der Waals surface area contributed by atoms with Crippen LogP contribution < -0.4 is 0 Å². The highest BCUT2D eigenvalue weighted by atomic mass is 79.9. The first-order valence-corrected chi connectivity index (χ1v) is 6.49. The van der Waals surface area contributed by atoms with E-state index in [-0.39, 0.29) is 11.5 Å². The topological polar surface area (TPSA) is 20.2 Å². The summed E-state index contributed by atoms with van der Waals surface area (Å²) in [4.78, 5) is 0. The van der Waals surface area contributed by atoms with E-state index in [1.54, 1.807) is 0 Å². The number of halogens is 1. The van der Waals surface area contributed by atoms with Gasteiger partial charge >= 0.3 is 0 Å². The molecule has 0 amide bonds. The van der Waals surface area contributed by atoms with Crippen LogP contribution in [0.5, 0.6) is 0 Å². The van der Waals surface area contributed by atoms with Gasteiger partial charge in [-0.2, -0.15) is 0 Å². The Hall–Kier alpha value is -0.340. The Labute approximate surface area is 98.6 Å². The maximum atomic E-state index is 10.2. The zero-order chi connectivity index (χ0) is 10.5. The fourth-order valence-electron chi connectivity index (χ4n) is 3.18. The van der Waals surface area contributed by atoms with E-state index in [9.17, 15) is 5.11 Å². The van der Waals surface area contributed by atoms with E-state index in [1.807, 2.05) is 0 Å². The predicted octanol–water partition coefficient (Wildman–Crippen LogP) is 3.18. The Morgan fingerprint density at radius 1 is 1.33 bits per heavy atom. The van der Waals surface area contributed by atoms with Crippen molar-refractivity contribution in [2.24, 2.45) is 0 Å². The minimum atomic E-state index is -0.118. The van der Waals surface area contributed by atoms with Crippen LogP contribution in [0, 0.1) is 0 Å². The molecule has 3 rings (SSSR count). The number of benzene rings is 1. The number of aliphatic hydroxyl groups excluding tert-OH is 1. The Morgan fingerprint density at radius 2 is 2.13 bits per heavy atom. The lowest BCUT2D eigenvalue weighted by atomic mass is 9.57. The van der Waals surface area contributed by atoms with Crippen LogP contribution in [0.15, 0.2) is 22.7 Å². The van der Waals surface area contributed by atoms with Gasteiger partial charge in [-0.3, -0.25) is 0 Å². The van der Waals surface area contributed by atoms with Gasteiger partial charge in [0.05, 0.1) is 6.10 Å². The first-order valence-electron chi connectivity index (χ1n) is 5.70. The van der Waals surface area contributed by atoms with Gasteiger partial charge in [-0.15, -0.1) is 0 Å². The summed E-state index contributed by atoms with van der Waals surface area (Å²) in [5.74, 6) is 0. The summed E-state index contributed by atoms with van der Waals surface area (Å²) < 4.78 is 1.22. The van der Waals surface area contributed by atoms with E-state index in [4.69, 9.17) is 0 Å². The third-order valence-corrected chi connectivity index (χ3v) is 4.95. The maximum Gasteiger partial charge on any atom is 0.0640 e. The van der Waals surface area contributed by atoms with E-state index >= 15 is 0 Å². The smallest absolute Gasteiger partial charge is 0.0640 e.